The molecular weight excluding hydrogens is 372 g/mol. The number of rotatable bonds is 11. The molecular formula is C22H30N2O5. The maximum absolute atomic E-state index is 12.6. The number of benzene rings is 2. The fourth-order valence-corrected chi connectivity index (χ4v) is 3.00. The van der Waals surface area contributed by atoms with Gasteiger partial charge in [0, 0.05) is 18.2 Å². The van der Waals surface area contributed by atoms with Crippen LogP contribution in [-0.4, -0.2) is 51.8 Å². The summed E-state index contributed by atoms with van der Waals surface area (Å²) in [4.78, 5) is 14.5. The molecule has 2 aromatic rings. The van der Waals surface area contributed by atoms with Gasteiger partial charge in [0.25, 0.3) is 0 Å². The minimum absolute atomic E-state index is 0.149. The molecule has 0 aliphatic heterocycles. The number of methoxy groups -OCH3 is 2. The average molecular weight is 402 g/mol. The van der Waals surface area contributed by atoms with E-state index in [4.69, 9.17) is 18.9 Å². The van der Waals surface area contributed by atoms with E-state index in [2.05, 4.69) is 5.32 Å². The fourth-order valence-electron chi connectivity index (χ4n) is 3.00. The van der Waals surface area contributed by atoms with E-state index in [0.29, 0.717) is 48.4 Å². The molecule has 0 atom stereocenters. The lowest BCUT2D eigenvalue weighted by Gasteiger charge is -2.20. The highest BCUT2D eigenvalue weighted by Gasteiger charge is 2.15. The molecule has 2 aromatic carbocycles. The molecule has 2 rings (SSSR count). The van der Waals surface area contributed by atoms with Crippen molar-refractivity contribution in [2.75, 3.05) is 46.3 Å². The Morgan fingerprint density at radius 2 is 1.76 bits per heavy atom. The van der Waals surface area contributed by atoms with Gasteiger partial charge < -0.3 is 24.3 Å². The van der Waals surface area contributed by atoms with Crippen LogP contribution in [0.15, 0.2) is 36.4 Å². The van der Waals surface area contributed by atoms with E-state index in [0.717, 1.165) is 5.56 Å². The van der Waals surface area contributed by atoms with Crippen molar-refractivity contribution < 1.29 is 23.7 Å². The van der Waals surface area contributed by atoms with Gasteiger partial charge in [0.15, 0.2) is 11.5 Å². The molecule has 1 N–H and O–H groups in total. The molecule has 7 heteroatoms. The monoisotopic (exact) mass is 402 g/mol. The topological polar surface area (TPSA) is 69.3 Å². The fraction of sp³-hybridized carbons (Fsp3) is 0.409. The van der Waals surface area contributed by atoms with E-state index < -0.39 is 0 Å². The number of anilines is 1. The van der Waals surface area contributed by atoms with Crippen LogP contribution in [0, 0.1) is 0 Å². The highest BCUT2D eigenvalue weighted by atomic mass is 16.5. The highest BCUT2D eigenvalue weighted by Crippen LogP contribution is 2.32. The van der Waals surface area contributed by atoms with Crippen LogP contribution < -0.4 is 24.3 Å². The van der Waals surface area contributed by atoms with Crippen LogP contribution in [-0.2, 0) is 11.3 Å². The van der Waals surface area contributed by atoms with Crippen molar-refractivity contribution in [3.8, 4) is 23.0 Å². The van der Waals surface area contributed by atoms with Crippen molar-refractivity contribution in [2.45, 2.75) is 20.4 Å². The molecule has 0 fully saturated rings. The number of ether oxygens (including phenoxy) is 4. The quantitative estimate of drug-likeness (QED) is 0.620. The van der Waals surface area contributed by atoms with Crippen molar-refractivity contribution in [1.29, 1.82) is 0 Å². The molecule has 0 aliphatic rings. The summed E-state index contributed by atoms with van der Waals surface area (Å²) in [6.45, 7) is 5.60. The molecule has 0 saturated heterocycles. The van der Waals surface area contributed by atoms with Crippen LogP contribution in [0.2, 0.25) is 0 Å². The van der Waals surface area contributed by atoms with Gasteiger partial charge in [-0.3, -0.25) is 9.69 Å². The van der Waals surface area contributed by atoms with Gasteiger partial charge in [0.05, 0.1) is 39.7 Å². The van der Waals surface area contributed by atoms with E-state index in [1.54, 1.807) is 26.4 Å². The van der Waals surface area contributed by atoms with Gasteiger partial charge in [-0.25, -0.2) is 0 Å². The summed E-state index contributed by atoms with van der Waals surface area (Å²) in [6, 6.07) is 11.1. The molecule has 0 spiro atoms. The lowest BCUT2D eigenvalue weighted by Crippen LogP contribution is -2.30. The molecule has 1 amide bonds. The number of para-hydroxylation sites is 1. The van der Waals surface area contributed by atoms with E-state index in [9.17, 15) is 4.79 Å². The second-order valence-electron chi connectivity index (χ2n) is 6.40. The van der Waals surface area contributed by atoms with Gasteiger partial charge in [0.2, 0.25) is 5.91 Å². The average Bonchev–Trinajstić information content (AvgIpc) is 2.69. The number of likely N-dealkylation sites (N-methyl/N-ethyl adjacent to an activating group) is 1. The number of carbonyl (C=O) groups excluding carboxylic acids is 1. The molecule has 158 valence electrons. The molecule has 0 aromatic heterocycles. The predicted octanol–water partition coefficient (Wildman–Crippen LogP) is 3.57. The first-order chi connectivity index (χ1) is 14.0. The lowest BCUT2D eigenvalue weighted by atomic mass is 10.1. The first-order valence-electron chi connectivity index (χ1n) is 9.60. The second-order valence-corrected chi connectivity index (χ2v) is 6.40. The van der Waals surface area contributed by atoms with Crippen molar-refractivity contribution in [3.05, 3.63) is 42.0 Å². The summed E-state index contributed by atoms with van der Waals surface area (Å²) in [6.07, 6.45) is 0. The Hall–Kier alpha value is -2.93. The molecule has 0 bridgehead atoms. The van der Waals surface area contributed by atoms with Crippen LogP contribution in [0.5, 0.6) is 23.0 Å². The van der Waals surface area contributed by atoms with Gasteiger partial charge in [-0.2, -0.15) is 0 Å². The normalized spacial score (nSPS) is 10.6. The second kappa shape index (κ2) is 11.2. The van der Waals surface area contributed by atoms with Crippen molar-refractivity contribution in [2.24, 2.45) is 0 Å². The number of hydrogen-bond donors (Lipinski definition) is 1. The van der Waals surface area contributed by atoms with Crippen LogP contribution >= 0.6 is 0 Å². The zero-order valence-corrected chi connectivity index (χ0v) is 17.8. The number of nitrogens with zero attached hydrogens (tertiary/aromatic N) is 1. The molecule has 0 saturated carbocycles. The van der Waals surface area contributed by atoms with E-state index in [-0.39, 0.29) is 12.5 Å². The van der Waals surface area contributed by atoms with Gasteiger partial charge in [-0.05, 0) is 39.1 Å². The van der Waals surface area contributed by atoms with Crippen molar-refractivity contribution in [1.82, 2.24) is 4.90 Å². The smallest absolute Gasteiger partial charge is 0.238 e. The standard InChI is InChI=1S/C22H30N2O5/c1-6-28-17-11-12-19(29-7-2)18(13-17)23-21(25)15-24(3)14-16-9-8-10-20(26-4)22(16)27-5/h8-13H,6-7,14-15H2,1-5H3,(H,23,25). The molecule has 0 unspecified atom stereocenters. The first-order valence-corrected chi connectivity index (χ1v) is 9.60. The summed E-state index contributed by atoms with van der Waals surface area (Å²) in [5.41, 5.74) is 1.53. The molecule has 0 radical (unpaired) electrons. The van der Waals surface area contributed by atoms with Crippen LogP contribution in [0.3, 0.4) is 0 Å². The minimum atomic E-state index is -0.149. The Bertz CT molecular complexity index is 810. The van der Waals surface area contributed by atoms with Crippen molar-refractivity contribution in [3.63, 3.8) is 0 Å². The zero-order valence-electron chi connectivity index (χ0n) is 17.8. The van der Waals surface area contributed by atoms with Gasteiger partial charge >= 0.3 is 0 Å². The highest BCUT2D eigenvalue weighted by molar-refractivity contribution is 5.94. The van der Waals surface area contributed by atoms with Gasteiger partial charge in [-0.15, -0.1) is 0 Å². The van der Waals surface area contributed by atoms with Crippen molar-refractivity contribution >= 4 is 11.6 Å². The third kappa shape index (κ3) is 6.29. The molecule has 29 heavy (non-hydrogen) atoms. The summed E-state index contributed by atoms with van der Waals surface area (Å²) in [5.74, 6) is 2.48. The van der Waals surface area contributed by atoms with Crippen LogP contribution in [0.4, 0.5) is 5.69 Å². The van der Waals surface area contributed by atoms with E-state index >= 15 is 0 Å². The lowest BCUT2D eigenvalue weighted by molar-refractivity contribution is -0.117. The Morgan fingerprint density at radius 3 is 2.41 bits per heavy atom. The number of hydrogen-bond acceptors (Lipinski definition) is 6. The number of carbonyl (C=O) groups is 1. The molecule has 7 nitrogen and oxygen atoms in total. The van der Waals surface area contributed by atoms with Gasteiger partial charge in [0.1, 0.15) is 11.5 Å². The van der Waals surface area contributed by atoms with Gasteiger partial charge in [-0.1, -0.05) is 12.1 Å². The Balaban J connectivity index is 2.06. The van der Waals surface area contributed by atoms with Crippen LogP contribution in [0.25, 0.3) is 0 Å². The maximum Gasteiger partial charge on any atom is 0.238 e. The largest absolute Gasteiger partial charge is 0.494 e. The van der Waals surface area contributed by atoms with E-state index in [1.807, 2.05) is 50.1 Å². The minimum Gasteiger partial charge on any atom is -0.494 e. The Morgan fingerprint density at radius 1 is 1.00 bits per heavy atom. The maximum atomic E-state index is 12.6. The van der Waals surface area contributed by atoms with E-state index in [1.165, 1.54) is 0 Å². The molecule has 0 aliphatic carbocycles. The SMILES string of the molecule is CCOc1ccc(OCC)c(NC(=O)CN(C)Cc2cccc(OC)c2OC)c1. The summed E-state index contributed by atoms with van der Waals surface area (Å²) in [7, 11) is 5.08. The number of nitrogens with one attached hydrogen (secondary N) is 1. The molecule has 0 heterocycles. The Labute approximate surface area is 172 Å². The third-order valence-electron chi connectivity index (χ3n) is 4.17. The Kier molecular flexibility index (Phi) is 8.61. The third-order valence-corrected chi connectivity index (χ3v) is 4.17. The summed E-state index contributed by atoms with van der Waals surface area (Å²) >= 11 is 0. The zero-order chi connectivity index (χ0) is 21.2. The van der Waals surface area contributed by atoms with Crippen LogP contribution in [0.1, 0.15) is 19.4 Å². The summed E-state index contributed by atoms with van der Waals surface area (Å²) in [5, 5.41) is 2.92. The summed E-state index contributed by atoms with van der Waals surface area (Å²) < 4.78 is 21.9. The predicted molar refractivity (Wildman–Crippen MR) is 113 cm³/mol. The first kappa shape index (κ1) is 22.4. The number of amides is 1.